The van der Waals surface area contributed by atoms with Crippen LogP contribution in [0.15, 0.2) is 24.3 Å². The highest BCUT2D eigenvalue weighted by molar-refractivity contribution is 5.30. The number of ether oxygens (including phenoxy) is 1. The molecule has 0 aromatic heterocycles. The van der Waals surface area contributed by atoms with Crippen LogP contribution in [-0.4, -0.2) is 30.4 Å². The van der Waals surface area contributed by atoms with Gasteiger partial charge >= 0.3 is 6.18 Å². The highest BCUT2D eigenvalue weighted by Crippen LogP contribution is 2.31. The van der Waals surface area contributed by atoms with Gasteiger partial charge in [0.25, 0.3) is 0 Å². The van der Waals surface area contributed by atoms with Crippen LogP contribution in [0.25, 0.3) is 0 Å². The minimum Gasteiger partial charge on any atom is -0.488 e. The molecular formula is C12H14F3NO2. The van der Waals surface area contributed by atoms with E-state index in [2.05, 4.69) is 5.32 Å². The predicted molar refractivity (Wildman–Crippen MR) is 59.4 cm³/mol. The van der Waals surface area contributed by atoms with Crippen LogP contribution < -0.4 is 10.1 Å². The van der Waals surface area contributed by atoms with Crippen molar-refractivity contribution >= 4 is 0 Å². The molecule has 0 unspecified atom stereocenters. The van der Waals surface area contributed by atoms with Crippen molar-refractivity contribution in [3.8, 4) is 5.75 Å². The SMILES string of the molecule is O[C@H]1CNCC[C@@H]1Oc1cccc(C(F)(F)F)c1. The van der Waals surface area contributed by atoms with Gasteiger partial charge in [-0.3, -0.25) is 0 Å². The van der Waals surface area contributed by atoms with Gasteiger partial charge in [-0.15, -0.1) is 0 Å². The molecule has 18 heavy (non-hydrogen) atoms. The Labute approximate surface area is 103 Å². The Balaban J connectivity index is 2.09. The fourth-order valence-electron chi connectivity index (χ4n) is 1.88. The number of rotatable bonds is 2. The average Bonchev–Trinajstić information content (AvgIpc) is 2.31. The third-order valence-corrected chi connectivity index (χ3v) is 2.84. The lowest BCUT2D eigenvalue weighted by Gasteiger charge is -2.29. The van der Waals surface area contributed by atoms with E-state index in [4.69, 9.17) is 4.74 Å². The summed E-state index contributed by atoms with van der Waals surface area (Å²) in [6.07, 6.45) is -4.98. The van der Waals surface area contributed by atoms with Crippen molar-refractivity contribution < 1.29 is 23.0 Å². The molecule has 1 aromatic carbocycles. The molecule has 1 heterocycles. The summed E-state index contributed by atoms with van der Waals surface area (Å²) in [7, 11) is 0. The molecule has 0 amide bonds. The second-order valence-corrected chi connectivity index (χ2v) is 4.24. The monoisotopic (exact) mass is 261 g/mol. The first-order chi connectivity index (χ1) is 8.47. The second kappa shape index (κ2) is 5.16. The lowest BCUT2D eigenvalue weighted by molar-refractivity contribution is -0.137. The second-order valence-electron chi connectivity index (χ2n) is 4.24. The Morgan fingerprint density at radius 1 is 1.33 bits per heavy atom. The Morgan fingerprint density at radius 3 is 2.78 bits per heavy atom. The number of hydrogen-bond donors (Lipinski definition) is 2. The van der Waals surface area contributed by atoms with E-state index in [1.54, 1.807) is 0 Å². The number of aliphatic hydroxyl groups excluding tert-OH is 1. The number of halogens is 3. The molecule has 2 rings (SSSR count). The maximum atomic E-state index is 12.5. The molecule has 1 aliphatic heterocycles. The van der Waals surface area contributed by atoms with Crippen LogP contribution in [0.1, 0.15) is 12.0 Å². The van der Waals surface area contributed by atoms with Crippen LogP contribution in [0.2, 0.25) is 0 Å². The maximum absolute atomic E-state index is 12.5. The molecule has 2 N–H and O–H groups in total. The molecule has 2 atom stereocenters. The van der Waals surface area contributed by atoms with Gasteiger partial charge < -0.3 is 15.2 Å². The van der Waals surface area contributed by atoms with Crippen LogP contribution in [0.3, 0.4) is 0 Å². The van der Waals surface area contributed by atoms with Crippen LogP contribution in [0.5, 0.6) is 5.75 Å². The first-order valence-electron chi connectivity index (χ1n) is 5.69. The summed E-state index contributed by atoms with van der Waals surface area (Å²) in [5.74, 6) is 0.135. The molecule has 0 aliphatic carbocycles. The molecule has 0 spiro atoms. The summed E-state index contributed by atoms with van der Waals surface area (Å²) < 4.78 is 42.9. The number of benzene rings is 1. The first kappa shape index (κ1) is 13.2. The molecule has 1 fully saturated rings. The molecule has 1 aromatic rings. The zero-order chi connectivity index (χ0) is 13.2. The van der Waals surface area contributed by atoms with Crippen molar-refractivity contribution in [2.45, 2.75) is 24.8 Å². The minimum absolute atomic E-state index is 0.135. The van der Waals surface area contributed by atoms with E-state index in [1.807, 2.05) is 0 Å². The van der Waals surface area contributed by atoms with Crippen molar-refractivity contribution in [1.82, 2.24) is 5.32 Å². The quantitative estimate of drug-likeness (QED) is 0.853. The summed E-state index contributed by atoms with van der Waals surface area (Å²) >= 11 is 0. The van der Waals surface area contributed by atoms with Gasteiger partial charge in [0, 0.05) is 6.54 Å². The predicted octanol–water partition coefficient (Wildman–Crippen LogP) is 1.81. The lowest BCUT2D eigenvalue weighted by Crippen LogP contribution is -2.46. The smallest absolute Gasteiger partial charge is 0.416 e. The Morgan fingerprint density at radius 2 is 2.11 bits per heavy atom. The van der Waals surface area contributed by atoms with E-state index in [9.17, 15) is 18.3 Å². The zero-order valence-corrected chi connectivity index (χ0v) is 9.57. The summed E-state index contributed by atoms with van der Waals surface area (Å²) in [5, 5.41) is 12.6. The van der Waals surface area contributed by atoms with Gasteiger partial charge in [0.05, 0.1) is 5.56 Å². The van der Waals surface area contributed by atoms with Crippen molar-refractivity contribution in [2.75, 3.05) is 13.1 Å². The fourth-order valence-corrected chi connectivity index (χ4v) is 1.88. The van der Waals surface area contributed by atoms with E-state index in [1.165, 1.54) is 12.1 Å². The third-order valence-electron chi connectivity index (χ3n) is 2.84. The van der Waals surface area contributed by atoms with E-state index in [0.717, 1.165) is 12.1 Å². The molecule has 6 heteroatoms. The van der Waals surface area contributed by atoms with Gasteiger partial charge in [0.2, 0.25) is 0 Å². The van der Waals surface area contributed by atoms with Gasteiger partial charge in [-0.2, -0.15) is 13.2 Å². The maximum Gasteiger partial charge on any atom is 0.416 e. The van der Waals surface area contributed by atoms with Crippen molar-refractivity contribution in [1.29, 1.82) is 0 Å². The van der Waals surface area contributed by atoms with E-state index < -0.39 is 23.9 Å². The number of piperidine rings is 1. The molecule has 0 saturated carbocycles. The first-order valence-corrected chi connectivity index (χ1v) is 5.69. The summed E-state index contributed by atoms with van der Waals surface area (Å²) in [6, 6.07) is 4.70. The van der Waals surface area contributed by atoms with Crippen LogP contribution >= 0.6 is 0 Å². The molecule has 0 radical (unpaired) electrons. The number of aliphatic hydroxyl groups is 1. The van der Waals surface area contributed by atoms with Gasteiger partial charge in [-0.25, -0.2) is 0 Å². The highest BCUT2D eigenvalue weighted by Gasteiger charge is 2.31. The van der Waals surface area contributed by atoms with Gasteiger partial charge in [0.1, 0.15) is 18.0 Å². The topological polar surface area (TPSA) is 41.5 Å². The molecular weight excluding hydrogens is 247 g/mol. The Hall–Kier alpha value is -1.27. The number of hydrogen-bond acceptors (Lipinski definition) is 3. The number of β-amino-alcohol motifs (C(OH)–C–C–N with tert-alkyl or cyclic N) is 1. The van der Waals surface area contributed by atoms with Crippen molar-refractivity contribution in [3.63, 3.8) is 0 Å². The summed E-state index contributed by atoms with van der Waals surface area (Å²) in [6.45, 7) is 1.07. The fraction of sp³-hybridized carbons (Fsp3) is 0.500. The normalized spacial score (nSPS) is 24.9. The number of nitrogens with one attached hydrogen (secondary N) is 1. The van der Waals surface area contributed by atoms with Crippen LogP contribution in [0, 0.1) is 0 Å². The highest BCUT2D eigenvalue weighted by atomic mass is 19.4. The molecule has 3 nitrogen and oxygen atoms in total. The van der Waals surface area contributed by atoms with E-state index >= 15 is 0 Å². The molecule has 0 bridgehead atoms. The summed E-state index contributed by atoms with van der Waals surface area (Å²) in [4.78, 5) is 0. The van der Waals surface area contributed by atoms with Gasteiger partial charge in [-0.1, -0.05) is 6.07 Å². The standard InChI is InChI=1S/C12H14F3NO2/c13-12(14,15)8-2-1-3-9(6-8)18-11-4-5-16-7-10(11)17/h1-3,6,10-11,16-17H,4-5,7H2/t10-,11-/m0/s1. The van der Waals surface area contributed by atoms with Crippen molar-refractivity contribution in [2.24, 2.45) is 0 Å². The summed E-state index contributed by atoms with van der Waals surface area (Å²) in [5.41, 5.74) is -0.747. The van der Waals surface area contributed by atoms with Gasteiger partial charge in [0.15, 0.2) is 0 Å². The third kappa shape index (κ3) is 3.14. The zero-order valence-electron chi connectivity index (χ0n) is 9.57. The van der Waals surface area contributed by atoms with E-state index in [0.29, 0.717) is 19.5 Å². The number of alkyl halides is 3. The van der Waals surface area contributed by atoms with E-state index in [-0.39, 0.29) is 5.75 Å². The molecule has 100 valence electrons. The Bertz CT molecular complexity index is 409. The van der Waals surface area contributed by atoms with Crippen LogP contribution in [-0.2, 0) is 6.18 Å². The minimum atomic E-state index is -4.38. The van der Waals surface area contributed by atoms with Gasteiger partial charge in [-0.05, 0) is 31.2 Å². The van der Waals surface area contributed by atoms with Crippen LogP contribution in [0.4, 0.5) is 13.2 Å². The molecule has 1 saturated heterocycles. The average molecular weight is 261 g/mol. The lowest BCUT2D eigenvalue weighted by atomic mass is 10.1. The Kier molecular flexibility index (Phi) is 3.77. The largest absolute Gasteiger partial charge is 0.488 e. The molecule has 1 aliphatic rings. The van der Waals surface area contributed by atoms with Crippen molar-refractivity contribution in [3.05, 3.63) is 29.8 Å².